The van der Waals surface area contributed by atoms with Crippen LogP contribution < -0.4 is 5.32 Å². The van der Waals surface area contributed by atoms with Crippen molar-refractivity contribution in [3.8, 4) is 0 Å². The van der Waals surface area contributed by atoms with Gasteiger partial charge in [0.2, 0.25) is 5.91 Å². The summed E-state index contributed by atoms with van der Waals surface area (Å²) >= 11 is 0. The summed E-state index contributed by atoms with van der Waals surface area (Å²) in [4.78, 5) is 14.3. The Morgan fingerprint density at radius 3 is 2.69 bits per heavy atom. The molecular formula is C13H24N2O. The van der Waals surface area contributed by atoms with Crippen LogP contribution in [0.25, 0.3) is 0 Å². The Morgan fingerprint density at radius 1 is 1.25 bits per heavy atom. The molecule has 2 saturated heterocycles. The smallest absolute Gasteiger partial charge is 0.225 e. The van der Waals surface area contributed by atoms with Crippen LogP contribution in [0.15, 0.2) is 0 Å². The lowest BCUT2D eigenvalue weighted by Gasteiger charge is -2.40. The zero-order valence-electron chi connectivity index (χ0n) is 10.5. The molecule has 1 N–H and O–H groups in total. The molecule has 3 nitrogen and oxygen atoms in total. The van der Waals surface area contributed by atoms with Gasteiger partial charge in [-0.05, 0) is 38.6 Å². The van der Waals surface area contributed by atoms with Gasteiger partial charge in [-0.15, -0.1) is 0 Å². The number of likely N-dealkylation sites (tertiary alicyclic amines) is 1. The van der Waals surface area contributed by atoms with E-state index in [9.17, 15) is 4.79 Å². The summed E-state index contributed by atoms with van der Waals surface area (Å²) < 4.78 is 0. The first-order chi connectivity index (χ1) is 7.70. The SMILES string of the molecule is CC(C)C(=O)N1CCCCC1C1CCCN1. The van der Waals surface area contributed by atoms with E-state index in [2.05, 4.69) is 10.2 Å². The Labute approximate surface area is 98.6 Å². The molecule has 0 spiro atoms. The first-order valence-electron chi connectivity index (χ1n) is 6.74. The summed E-state index contributed by atoms with van der Waals surface area (Å²) in [6, 6.07) is 1.02. The quantitative estimate of drug-likeness (QED) is 0.775. The number of carbonyl (C=O) groups is 1. The highest BCUT2D eigenvalue weighted by atomic mass is 16.2. The van der Waals surface area contributed by atoms with Gasteiger partial charge in [-0.1, -0.05) is 13.8 Å². The molecule has 0 aromatic heterocycles. The second-order valence-electron chi connectivity index (χ2n) is 5.45. The third kappa shape index (κ3) is 2.40. The van der Waals surface area contributed by atoms with Crippen LogP contribution in [0.4, 0.5) is 0 Å². The van der Waals surface area contributed by atoms with Crippen LogP contribution in [-0.4, -0.2) is 36.0 Å². The minimum absolute atomic E-state index is 0.141. The fraction of sp³-hybridized carbons (Fsp3) is 0.923. The molecule has 0 aromatic rings. The first kappa shape index (κ1) is 11.9. The molecular weight excluding hydrogens is 200 g/mol. The fourth-order valence-electron chi connectivity index (χ4n) is 3.02. The van der Waals surface area contributed by atoms with Gasteiger partial charge in [0.05, 0.1) is 0 Å². The van der Waals surface area contributed by atoms with Crippen LogP contribution in [0.2, 0.25) is 0 Å². The minimum Gasteiger partial charge on any atom is -0.338 e. The number of hydrogen-bond donors (Lipinski definition) is 1. The van der Waals surface area contributed by atoms with Crippen molar-refractivity contribution in [1.82, 2.24) is 10.2 Å². The van der Waals surface area contributed by atoms with E-state index in [-0.39, 0.29) is 5.92 Å². The third-order valence-corrected chi connectivity index (χ3v) is 3.89. The fourth-order valence-corrected chi connectivity index (χ4v) is 3.02. The predicted molar refractivity (Wildman–Crippen MR) is 65.2 cm³/mol. The van der Waals surface area contributed by atoms with Gasteiger partial charge in [0.15, 0.2) is 0 Å². The number of piperidine rings is 1. The molecule has 2 rings (SSSR count). The second kappa shape index (κ2) is 5.17. The molecule has 2 aliphatic rings. The molecule has 0 saturated carbocycles. The molecule has 16 heavy (non-hydrogen) atoms. The van der Waals surface area contributed by atoms with Crippen molar-refractivity contribution in [2.45, 2.75) is 58.0 Å². The average molecular weight is 224 g/mol. The van der Waals surface area contributed by atoms with Gasteiger partial charge < -0.3 is 10.2 Å². The van der Waals surface area contributed by atoms with E-state index in [0.29, 0.717) is 18.0 Å². The molecule has 0 radical (unpaired) electrons. The van der Waals surface area contributed by atoms with E-state index in [1.807, 2.05) is 13.8 Å². The predicted octanol–water partition coefficient (Wildman–Crippen LogP) is 1.78. The third-order valence-electron chi connectivity index (χ3n) is 3.89. The van der Waals surface area contributed by atoms with Gasteiger partial charge in [-0.2, -0.15) is 0 Å². The maximum Gasteiger partial charge on any atom is 0.225 e. The van der Waals surface area contributed by atoms with Crippen LogP contribution in [0.5, 0.6) is 0 Å². The normalized spacial score (nSPS) is 31.1. The molecule has 2 aliphatic heterocycles. The molecule has 3 heteroatoms. The lowest BCUT2D eigenvalue weighted by molar-refractivity contribution is -0.138. The molecule has 1 amide bonds. The minimum atomic E-state index is 0.141. The van der Waals surface area contributed by atoms with Crippen molar-refractivity contribution >= 4 is 5.91 Å². The highest BCUT2D eigenvalue weighted by Crippen LogP contribution is 2.25. The highest BCUT2D eigenvalue weighted by Gasteiger charge is 2.34. The van der Waals surface area contributed by atoms with Crippen LogP contribution >= 0.6 is 0 Å². The Balaban J connectivity index is 2.04. The average Bonchev–Trinajstić information content (AvgIpc) is 2.81. The van der Waals surface area contributed by atoms with Crippen molar-refractivity contribution < 1.29 is 4.79 Å². The molecule has 2 heterocycles. The van der Waals surface area contributed by atoms with E-state index >= 15 is 0 Å². The lowest BCUT2D eigenvalue weighted by atomic mass is 9.93. The zero-order valence-corrected chi connectivity index (χ0v) is 10.5. The zero-order chi connectivity index (χ0) is 11.5. The Hall–Kier alpha value is -0.570. The number of carbonyl (C=O) groups excluding carboxylic acids is 1. The number of nitrogens with one attached hydrogen (secondary N) is 1. The Morgan fingerprint density at radius 2 is 2.06 bits per heavy atom. The summed E-state index contributed by atoms with van der Waals surface area (Å²) in [7, 11) is 0. The van der Waals surface area contributed by atoms with Crippen LogP contribution in [0.1, 0.15) is 46.0 Å². The van der Waals surface area contributed by atoms with E-state index in [4.69, 9.17) is 0 Å². The van der Waals surface area contributed by atoms with Crippen molar-refractivity contribution in [2.75, 3.05) is 13.1 Å². The van der Waals surface area contributed by atoms with Gasteiger partial charge in [-0.3, -0.25) is 4.79 Å². The van der Waals surface area contributed by atoms with Crippen molar-refractivity contribution in [2.24, 2.45) is 5.92 Å². The van der Waals surface area contributed by atoms with Crippen LogP contribution in [-0.2, 0) is 4.79 Å². The molecule has 0 aromatic carbocycles. The molecule has 2 atom stereocenters. The van der Waals surface area contributed by atoms with E-state index in [0.717, 1.165) is 13.1 Å². The molecule has 0 bridgehead atoms. The van der Waals surface area contributed by atoms with Crippen molar-refractivity contribution in [1.29, 1.82) is 0 Å². The summed E-state index contributed by atoms with van der Waals surface area (Å²) in [6.45, 7) is 6.12. The number of hydrogen-bond acceptors (Lipinski definition) is 2. The van der Waals surface area contributed by atoms with Gasteiger partial charge in [0.1, 0.15) is 0 Å². The maximum absolute atomic E-state index is 12.2. The Kier molecular flexibility index (Phi) is 3.85. The van der Waals surface area contributed by atoms with Gasteiger partial charge in [0.25, 0.3) is 0 Å². The second-order valence-corrected chi connectivity index (χ2v) is 5.45. The summed E-state index contributed by atoms with van der Waals surface area (Å²) in [5, 5.41) is 3.56. The standard InChI is InChI=1S/C13H24N2O/c1-10(2)13(16)15-9-4-3-7-12(15)11-6-5-8-14-11/h10-12,14H,3-9H2,1-2H3. The topological polar surface area (TPSA) is 32.3 Å². The Bertz CT molecular complexity index is 246. The van der Waals surface area contributed by atoms with Crippen molar-refractivity contribution in [3.63, 3.8) is 0 Å². The monoisotopic (exact) mass is 224 g/mol. The van der Waals surface area contributed by atoms with Crippen LogP contribution in [0.3, 0.4) is 0 Å². The highest BCUT2D eigenvalue weighted by molar-refractivity contribution is 5.78. The largest absolute Gasteiger partial charge is 0.338 e. The number of amides is 1. The maximum atomic E-state index is 12.2. The van der Waals surface area contributed by atoms with E-state index in [1.165, 1.54) is 32.1 Å². The number of rotatable bonds is 2. The number of nitrogens with zero attached hydrogens (tertiary/aromatic N) is 1. The summed E-state index contributed by atoms with van der Waals surface area (Å²) in [5.41, 5.74) is 0. The lowest BCUT2D eigenvalue weighted by Crippen LogP contribution is -2.53. The van der Waals surface area contributed by atoms with Crippen molar-refractivity contribution in [3.05, 3.63) is 0 Å². The van der Waals surface area contributed by atoms with E-state index in [1.54, 1.807) is 0 Å². The van der Waals surface area contributed by atoms with Gasteiger partial charge in [-0.25, -0.2) is 0 Å². The molecule has 2 unspecified atom stereocenters. The van der Waals surface area contributed by atoms with Gasteiger partial charge in [0, 0.05) is 24.5 Å². The van der Waals surface area contributed by atoms with Gasteiger partial charge >= 0.3 is 0 Å². The van der Waals surface area contributed by atoms with E-state index < -0.39 is 0 Å². The molecule has 0 aliphatic carbocycles. The summed E-state index contributed by atoms with van der Waals surface area (Å²) in [6.07, 6.45) is 6.17. The van der Waals surface area contributed by atoms with Crippen LogP contribution in [0, 0.1) is 5.92 Å². The first-order valence-corrected chi connectivity index (χ1v) is 6.74. The molecule has 2 fully saturated rings. The summed E-state index contributed by atoms with van der Waals surface area (Å²) in [5.74, 6) is 0.486. The molecule has 92 valence electrons.